The van der Waals surface area contributed by atoms with Crippen LogP contribution in [0.1, 0.15) is 10.4 Å². The molecule has 1 amide bonds. The van der Waals surface area contributed by atoms with E-state index in [-0.39, 0.29) is 24.6 Å². The number of amides is 1. The van der Waals surface area contributed by atoms with Crippen LogP contribution in [-0.2, 0) is 6.54 Å². The van der Waals surface area contributed by atoms with Crippen LogP contribution >= 0.6 is 0 Å². The number of fused-ring (bicyclic) bond motifs is 1. The second kappa shape index (κ2) is 6.45. The summed E-state index contributed by atoms with van der Waals surface area (Å²) < 4.78 is 1.40. The molecule has 7 nitrogen and oxygen atoms in total. The van der Waals surface area contributed by atoms with Crippen LogP contribution in [0.25, 0.3) is 11.0 Å². The predicted molar refractivity (Wildman–Crippen MR) is 85.1 cm³/mol. The van der Waals surface area contributed by atoms with E-state index in [1.165, 1.54) is 10.6 Å². The molecule has 7 heteroatoms. The number of carbonyl (C=O) groups is 1. The smallest absolute Gasteiger partial charge is 0.251 e. The van der Waals surface area contributed by atoms with Gasteiger partial charge in [0.15, 0.2) is 0 Å². The number of aliphatic hydroxyl groups excluding tert-OH is 1. The number of H-pyrrole nitrogens is 1. The van der Waals surface area contributed by atoms with Gasteiger partial charge in [-0.2, -0.15) is 0 Å². The molecule has 118 valence electrons. The summed E-state index contributed by atoms with van der Waals surface area (Å²) in [5, 5.41) is 12.6. The average molecular weight is 312 g/mol. The fourth-order valence-electron chi connectivity index (χ4n) is 2.29. The zero-order valence-electron chi connectivity index (χ0n) is 12.3. The van der Waals surface area contributed by atoms with E-state index in [1.807, 2.05) is 0 Å². The van der Waals surface area contributed by atoms with Crippen LogP contribution in [0.5, 0.6) is 0 Å². The third-order valence-electron chi connectivity index (χ3n) is 3.49. The van der Waals surface area contributed by atoms with Crippen LogP contribution in [0, 0.1) is 0 Å². The highest BCUT2D eigenvalue weighted by atomic mass is 16.3. The van der Waals surface area contributed by atoms with Gasteiger partial charge in [-0.1, -0.05) is 6.07 Å². The zero-order valence-corrected chi connectivity index (χ0v) is 12.3. The van der Waals surface area contributed by atoms with Crippen molar-refractivity contribution in [2.24, 2.45) is 0 Å². The van der Waals surface area contributed by atoms with E-state index in [9.17, 15) is 14.7 Å². The Hall–Kier alpha value is -2.93. The molecule has 1 aromatic carbocycles. The lowest BCUT2D eigenvalue weighted by Gasteiger charge is -2.13. The fourth-order valence-corrected chi connectivity index (χ4v) is 2.29. The highest BCUT2D eigenvalue weighted by molar-refractivity contribution is 5.97. The SMILES string of the molecule is O=C(NCC(O)Cn1ccccc1=O)c1ccc2nc[nH]c2c1. The van der Waals surface area contributed by atoms with Crippen LogP contribution in [-0.4, -0.2) is 38.2 Å². The van der Waals surface area contributed by atoms with E-state index < -0.39 is 6.10 Å². The number of pyridine rings is 1. The van der Waals surface area contributed by atoms with Crippen LogP contribution in [0.2, 0.25) is 0 Å². The van der Waals surface area contributed by atoms with Gasteiger partial charge in [-0.3, -0.25) is 9.59 Å². The maximum atomic E-state index is 12.1. The zero-order chi connectivity index (χ0) is 16.2. The van der Waals surface area contributed by atoms with Crippen LogP contribution in [0.15, 0.2) is 53.7 Å². The van der Waals surface area contributed by atoms with Crippen molar-refractivity contribution < 1.29 is 9.90 Å². The van der Waals surface area contributed by atoms with Gasteiger partial charge >= 0.3 is 0 Å². The molecule has 0 spiro atoms. The first-order chi connectivity index (χ1) is 11.1. The summed E-state index contributed by atoms with van der Waals surface area (Å²) in [6.45, 7) is 0.181. The molecule has 1 atom stereocenters. The predicted octanol–water partition coefficient (Wildman–Crippen LogP) is 0.515. The topological polar surface area (TPSA) is 100 Å². The number of rotatable bonds is 5. The number of aromatic amines is 1. The number of aromatic nitrogens is 3. The molecule has 2 heterocycles. The third-order valence-corrected chi connectivity index (χ3v) is 3.49. The molecule has 3 rings (SSSR count). The van der Waals surface area contributed by atoms with Crippen molar-refractivity contribution in [3.63, 3.8) is 0 Å². The van der Waals surface area contributed by atoms with E-state index in [1.54, 1.807) is 42.9 Å². The van der Waals surface area contributed by atoms with E-state index in [0.29, 0.717) is 5.56 Å². The minimum absolute atomic E-state index is 0.0567. The third kappa shape index (κ3) is 3.46. The lowest BCUT2D eigenvalue weighted by Crippen LogP contribution is -2.36. The lowest BCUT2D eigenvalue weighted by atomic mass is 10.2. The first-order valence-corrected chi connectivity index (χ1v) is 7.18. The summed E-state index contributed by atoms with van der Waals surface area (Å²) in [5.41, 5.74) is 1.84. The number of hydrogen-bond donors (Lipinski definition) is 3. The van der Waals surface area contributed by atoms with Gasteiger partial charge in [0.2, 0.25) is 0 Å². The number of imidazole rings is 1. The van der Waals surface area contributed by atoms with Gasteiger partial charge in [0.05, 0.1) is 30.0 Å². The van der Waals surface area contributed by atoms with Gasteiger partial charge < -0.3 is 20.0 Å². The molecular formula is C16H16N4O3. The summed E-state index contributed by atoms with van der Waals surface area (Å²) in [4.78, 5) is 30.7. The molecule has 0 radical (unpaired) electrons. The van der Waals surface area contributed by atoms with Crippen molar-refractivity contribution in [3.05, 3.63) is 64.8 Å². The Morgan fingerprint density at radius 2 is 2.22 bits per heavy atom. The molecular weight excluding hydrogens is 296 g/mol. The van der Waals surface area contributed by atoms with E-state index >= 15 is 0 Å². The minimum atomic E-state index is -0.852. The normalized spacial score (nSPS) is 12.2. The molecule has 0 aliphatic rings. The van der Waals surface area contributed by atoms with Gasteiger partial charge in [0, 0.05) is 24.4 Å². The minimum Gasteiger partial charge on any atom is -0.389 e. The van der Waals surface area contributed by atoms with Crippen molar-refractivity contribution in [2.45, 2.75) is 12.6 Å². The molecule has 0 fully saturated rings. The first-order valence-electron chi connectivity index (χ1n) is 7.18. The monoisotopic (exact) mass is 312 g/mol. The van der Waals surface area contributed by atoms with E-state index in [4.69, 9.17) is 0 Å². The Kier molecular flexibility index (Phi) is 4.20. The molecule has 23 heavy (non-hydrogen) atoms. The van der Waals surface area contributed by atoms with Crippen molar-refractivity contribution in [3.8, 4) is 0 Å². The Bertz CT molecular complexity index is 884. The van der Waals surface area contributed by atoms with Gasteiger partial charge in [0.25, 0.3) is 11.5 Å². The van der Waals surface area contributed by atoms with Crippen molar-refractivity contribution in [2.75, 3.05) is 6.54 Å². The second-order valence-corrected chi connectivity index (χ2v) is 5.19. The summed E-state index contributed by atoms with van der Waals surface area (Å²) in [6.07, 6.45) is 2.31. The van der Waals surface area contributed by atoms with Crippen molar-refractivity contribution in [1.29, 1.82) is 0 Å². The summed E-state index contributed by atoms with van der Waals surface area (Å²) in [6, 6.07) is 9.90. The standard InChI is InChI=1S/C16H16N4O3/c21-12(9-20-6-2-1-3-15(20)22)8-17-16(23)11-4-5-13-14(7-11)19-10-18-13/h1-7,10,12,21H,8-9H2,(H,17,23)(H,18,19). The molecule has 0 saturated carbocycles. The maximum absolute atomic E-state index is 12.1. The number of hydrogen-bond acceptors (Lipinski definition) is 4. The lowest BCUT2D eigenvalue weighted by molar-refractivity contribution is 0.0903. The number of benzene rings is 1. The van der Waals surface area contributed by atoms with E-state index in [2.05, 4.69) is 15.3 Å². The van der Waals surface area contributed by atoms with Crippen LogP contribution in [0.3, 0.4) is 0 Å². The Morgan fingerprint density at radius 3 is 3.04 bits per heavy atom. The first kappa shape index (κ1) is 15.0. The average Bonchev–Trinajstić information content (AvgIpc) is 3.02. The Labute approximate surface area is 131 Å². The highest BCUT2D eigenvalue weighted by Crippen LogP contribution is 2.11. The summed E-state index contributed by atoms with van der Waals surface area (Å²) in [7, 11) is 0. The molecule has 0 aliphatic heterocycles. The molecule has 2 aromatic heterocycles. The second-order valence-electron chi connectivity index (χ2n) is 5.19. The van der Waals surface area contributed by atoms with Gasteiger partial charge in [-0.15, -0.1) is 0 Å². The molecule has 0 saturated heterocycles. The molecule has 1 unspecified atom stereocenters. The van der Waals surface area contributed by atoms with Crippen LogP contribution in [0.4, 0.5) is 0 Å². The Morgan fingerprint density at radius 1 is 1.35 bits per heavy atom. The van der Waals surface area contributed by atoms with Crippen molar-refractivity contribution >= 4 is 16.9 Å². The highest BCUT2D eigenvalue weighted by Gasteiger charge is 2.11. The molecule has 0 bridgehead atoms. The van der Waals surface area contributed by atoms with Gasteiger partial charge in [-0.05, 0) is 24.3 Å². The van der Waals surface area contributed by atoms with E-state index in [0.717, 1.165) is 11.0 Å². The number of nitrogens with zero attached hydrogens (tertiary/aromatic N) is 2. The number of nitrogens with one attached hydrogen (secondary N) is 2. The van der Waals surface area contributed by atoms with Gasteiger partial charge in [0.1, 0.15) is 0 Å². The van der Waals surface area contributed by atoms with Crippen LogP contribution < -0.4 is 10.9 Å². The molecule has 0 aliphatic carbocycles. The summed E-state index contributed by atoms with van der Waals surface area (Å²) >= 11 is 0. The molecule has 3 aromatic rings. The van der Waals surface area contributed by atoms with Crippen molar-refractivity contribution in [1.82, 2.24) is 19.9 Å². The number of aliphatic hydroxyl groups is 1. The largest absolute Gasteiger partial charge is 0.389 e. The summed E-state index contributed by atoms with van der Waals surface area (Å²) in [5.74, 6) is -0.291. The number of carbonyl (C=O) groups excluding carboxylic acids is 1. The molecule has 3 N–H and O–H groups in total. The quantitative estimate of drug-likeness (QED) is 0.639. The van der Waals surface area contributed by atoms with Gasteiger partial charge in [-0.25, -0.2) is 4.98 Å². The Balaban J connectivity index is 1.59. The fraction of sp³-hybridized carbons (Fsp3) is 0.188. The maximum Gasteiger partial charge on any atom is 0.251 e.